The Morgan fingerprint density at radius 1 is 0.533 bits per heavy atom. The van der Waals surface area contributed by atoms with Gasteiger partial charge in [0.05, 0.1) is 6.04 Å². The third kappa shape index (κ3) is 3.98. The molecule has 0 spiro atoms. The van der Waals surface area contributed by atoms with Crippen LogP contribution in [0, 0.1) is 0 Å². The summed E-state index contributed by atoms with van der Waals surface area (Å²) in [6.45, 7) is 0. The predicted molar refractivity (Wildman–Crippen MR) is 196 cm³/mol. The fraction of sp³-hybridized carbons (Fsp3) is 0.0476. The molecule has 2 unspecified atom stereocenters. The van der Waals surface area contributed by atoms with Crippen molar-refractivity contribution < 1.29 is 0 Å². The third-order valence-corrected chi connectivity index (χ3v) is 15.9. The Morgan fingerprint density at radius 3 is 2.00 bits per heavy atom. The molecule has 0 radical (unpaired) electrons. The number of hydrogen-bond acceptors (Lipinski definition) is 2. The summed E-state index contributed by atoms with van der Waals surface area (Å²) in [6, 6.07) is 57.3. The molecule has 2 heterocycles. The zero-order valence-electron chi connectivity index (χ0n) is 24.8. The van der Waals surface area contributed by atoms with Gasteiger partial charge in [0.2, 0.25) is 0 Å². The summed E-state index contributed by atoms with van der Waals surface area (Å²) in [4.78, 5) is 2.57. The van der Waals surface area contributed by atoms with Gasteiger partial charge in [0.1, 0.15) is 0 Å². The van der Waals surface area contributed by atoms with Crippen molar-refractivity contribution in [3.05, 3.63) is 182 Å². The molecule has 0 saturated heterocycles. The van der Waals surface area contributed by atoms with E-state index in [1.54, 1.807) is 0 Å². The maximum Gasteiger partial charge on any atom is 0.181 e. The lowest BCUT2D eigenvalue weighted by Crippen LogP contribution is -2.74. The number of hydrogen-bond donors (Lipinski definition) is 0. The lowest BCUT2D eigenvalue weighted by molar-refractivity contribution is 0.745. The van der Waals surface area contributed by atoms with Gasteiger partial charge < -0.3 is 4.90 Å². The van der Waals surface area contributed by atoms with Gasteiger partial charge in [-0.1, -0.05) is 152 Å². The van der Waals surface area contributed by atoms with Gasteiger partial charge in [-0.2, -0.15) is 0 Å². The van der Waals surface area contributed by atoms with Crippen LogP contribution >= 0.6 is 11.3 Å². The molecule has 2 aliphatic rings. The lowest BCUT2D eigenvalue weighted by Gasteiger charge is -2.36. The topological polar surface area (TPSA) is 3.24 Å². The number of benzene rings is 6. The minimum Gasteiger partial charge on any atom is -0.333 e. The molecule has 7 aromatic rings. The molecule has 1 nitrogen and oxygen atoms in total. The van der Waals surface area contributed by atoms with Crippen molar-refractivity contribution in [2.75, 3.05) is 4.90 Å². The van der Waals surface area contributed by atoms with Crippen LogP contribution in [-0.2, 0) is 0 Å². The van der Waals surface area contributed by atoms with Crippen molar-refractivity contribution in [3.8, 4) is 0 Å². The van der Waals surface area contributed by atoms with Gasteiger partial charge in [0, 0.05) is 37.5 Å². The summed E-state index contributed by atoms with van der Waals surface area (Å²) < 4.78 is 2.74. The van der Waals surface area contributed by atoms with E-state index in [-0.39, 0.29) is 6.04 Å². The second-order valence-electron chi connectivity index (χ2n) is 12.0. The van der Waals surface area contributed by atoms with E-state index >= 15 is 0 Å². The van der Waals surface area contributed by atoms with E-state index in [9.17, 15) is 0 Å². The number of thiophene rings is 1. The van der Waals surface area contributed by atoms with Crippen LogP contribution < -0.4 is 25.6 Å². The summed E-state index contributed by atoms with van der Waals surface area (Å²) in [5.74, 6) is 0.354. The van der Waals surface area contributed by atoms with Gasteiger partial charge in [-0.25, -0.2) is 0 Å². The van der Waals surface area contributed by atoms with E-state index in [2.05, 4.69) is 181 Å². The fourth-order valence-electron chi connectivity index (χ4n) is 7.86. The van der Waals surface area contributed by atoms with Crippen LogP contribution in [0.1, 0.15) is 11.5 Å². The van der Waals surface area contributed by atoms with Gasteiger partial charge in [-0.3, -0.25) is 0 Å². The summed E-state index contributed by atoms with van der Waals surface area (Å²) >= 11 is 1.94. The van der Waals surface area contributed by atoms with Crippen LogP contribution in [0.4, 0.5) is 11.4 Å². The SMILES string of the molecule is C1=CC2c3ccccc3N(c3cccc([Si](c4ccccc4)(c4ccccc4)c4cccc5c4sc4ccccc45)c3)C2C=C1. The first kappa shape index (κ1) is 26.4. The molecule has 1 aromatic heterocycles. The second-order valence-corrected chi connectivity index (χ2v) is 16.9. The number of anilines is 2. The summed E-state index contributed by atoms with van der Waals surface area (Å²) in [5.41, 5.74) is 3.96. The summed E-state index contributed by atoms with van der Waals surface area (Å²) in [5, 5.41) is 8.35. The molecule has 3 heteroatoms. The highest BCUT2D eigenvalue weighted by atomic mass is 32.1. The van der Waals surface area contributed by atoms with E-state index in [1.807, 2.05) is 11.3 Å². The molecule has 1 aliphatic heterocycles. The van der Waals surface area contributed by atoms with Crippen LogP contribution in [0.5, 0.6) is 0 Å². The molecule has 9 rings (SSSR count). The minimum absolute atomic E-state index is 0.262. The molecule has 0 saturated carbocycles. The lowest BCUT2D eigenvalue weighted by atomic mass is 9.91. The Kier molecular flexibility index (Phi) is 6.22. The van der Waals surface area contributed by atoms with Gasteiger partial charge >= 0.3 is 0 Å². The third-order valence-electron chi connectivity index (χ3n) is 9.74. The molecule has 6 aromatic carbocycles. The molecular weight excluding hydrogens is 579 g/mol. The number of allylic oxidation sites excluding steroid dienone is 2. The van der Waals surface area contributed by atoms with Gasteiger partial charge in [-0.05, 0) is 50.6 Å². The first-order chi connectivity index (χ1) is 22.3. The fourth-order valence-corrected chi connectivity index (χ4v) is 14.4. The van der Waals surface area contributed by atoms with Crippen LogP contribution in [0.2, 0.25) is 0 Å². The monoisotopic (exact) mass is 609 g/mol. The smallest absolute Gasteiger partial charge is 0.181 e. The number of rotatable bonds is 5. The average Bonchev–Trinajstić information content (AvgIpc) is 3.66. The van der Waals surface area contributed by atoms with Crippen molar-refractivity contribution >= 4 is 71.7 Å². The van der Waals surface area contributed by atoms with Crippen LogP contribution in [0.25, 0.3) is 20.2 Å². The van der Waals surface area contributed by atoms with Crippen LogP contribution in [0.3, 0.4) is 0 Å². The average molecular weight is 610 g/mol. The van der Waals surface area contributed by atoms with E-state index in [4.69, 9.17) is 0 Å². The van der Waals surface area contributed by atoms with Crippen molar-refractivity contribution in [2.24, 2.45) is 0 Å². The maximum absolute atomic E-state index is 2.79. The Bertz CT molecular complexity index is 2210. The van der Waals surface area contributed by atoms with Gasteiger partial charge in [0.15, 0.2) is 8.07 Å². The molecule has 0 amide bonds. The highest BCUT2D eigenvalue weighted by Gasteiger charge is 2.44. The molecular formula is C42H31NSSi. The Morgan fingerprint density at radius 2 is 1.18 bits per heavy atom. The molecule has 0 N–H and O–H groups in total. The van der Waals surface area contributed by atoms with Crippen LogP contribution in [-0.4, -0.2) is 14.1 Å². The Labute approximate surface area is 269 Å². The largest absolute Gasteiger partial charge is 0.333 e. The quantitative estimate of drug-likeness (QED) is 0.141. The minimum atomic E-state index is -2.79. The van der Waals surface area contributed by atoms with Crippen molar-refractivity contribution in [1.82, 2.24) is 0 Å². The highest BCUT2D eigenvalue weighted by molar-refractivity contribution is 7.30. The molecule has 2 atom stereocenters. The van der Waals surface area contributed by atoms with Crippen molar-refractivity contribution in [1.29, 1.82) is 0 Å². The molecule has 0 fully saturated rings. The first-order valence-corrected chi connectivity index (χ1v) is 18.5. The van der Waals surface area contributed by atoms with E-state index < -0.39 is 8.07 Å². The van der Waals surface area contributed by atoms with Crippen LogP contribution in [0.15, 0.2) is 176 Å². The first-order valence-electron chi connectivity index (χ1n) is 15.7. The summed E-state index contributed by atoms with van der Waals surface area (Å²) in [6.07, 6.45) is 9.14. The van der Waals surface area contributed by atoms with Crippen molar-refractivity contribution in [2.45, 2.75) is 12.0 Å². The van der Waals surface area contributed by atoms with E-state index in [0.29, 0.717) is 5.92 Å². The second kappa shape index (κ2) is 10.6. The highest BCUT2D eigenvalue weighted by Crippen LogP contribution is 2.47. The van der Waals surface area contributed by atoms with E-state index in [1.165, 1.54) is 57.9 Å². The normalized spacial score (nSPS) is 17.1. The number of para-hydroxylation sites is 1. The Balaban J connectivity index is 1.36. The zero-order chi connectivity index (χ0) is 29.8. The zero-order valence-corrected chi connectivity index (χ0v) is 26.6. The molecule has 0 bridgehead atoms. The predicted octanol–water partition coefficient (Wildman–Crippen LogP) is 8.16. The summed E-state index contributed by atoms with van der Waals surface area (Å²) in [7, 11) is -2.79. The van der Waals surface area contributed by atoms with Crippen molar-refractivity contribution in [3.63, 3.8) is 0 Å². The van der Waals surface area contributed by atoms with Gasteiger partial charge in [0.25, 0.3) is 0 Å². The standard InChI is InChI=1S/C42H31NSSi/c1-3-16-31(17-4-1)45(32-18-5-2-6-19-32,41-28-14-24-37-36-23-9-12-27-40(36)44-42(37)41)33-20-13-15-30(29-33)43-38-25-10-7-21-34(38)35-22-8-11-26-39(35)43/h1-29,34,38H. The molecule has 45 heavy (non-hydrogen) atoms. The maximum atomic E-state index is 2.57. The number of fused-ring (bicyclic) bond motifs is 6. The van der Waals surface area contributed by atoms with E-state index in [0.717, 1.165) is 0 Å². The van der Waals surface area contributed by atoms with Gasteiger partial charge in [-0.15, -0.1) is 11.3 Å². The molecule has 214 valence electrons. The Hall–Kier alpha value is -4.96. The number of nitrogens with zero attached hydrogens (tertiary/aromatic N) is 1. The molecule has 1 aliphatic carbocycles.